The first-order valence-corrected chi connectivity index (χ1v) is 8.89. The minimum Gasteiger partial charge on any atom is -0.246 e. The van der Waals surface area contributed by atoms with Crippen LogP contribution in [0.1, 0.15) is 5.56 Å². The average Bonchev–Trinajstić information content (AvgIpc) is 3.07. The number of para-hydroxylation sites is 1. The Bertz CT molecular complexity index is 1050. The summed E-state index contributed by atoms with van der Waals surface area (Å²) in [5, 5.41) is 0. The van der Waals surface area contributed by atoms with Crippen molar-refractivity contribution in [2.24, 2.45) is 4.99 Å². The van der Waals surface area contributed by atoms with Crippen LogP contribution in [0.2, 0.25) is 0 Å². The van der Waals surface area contributed by atoms with Crippen molar-refractivity contribution in [1.82, 2.24) is 8.94 Å². The van der Waals surface area contributed by atoms with Crippen LogP contribution in [-0.4, -0.2) is 8.94 Å². The van der Waals surface area contributed by atoms with Crippen molar-refractivity contribution in [2.45, 2.75) is 6.92 Å². The highest BCUT2D eigenvalue weighted by Gasteiger charge is 2.10. The third kappa shape index (κ3) is 4.00. The molecular formula is C21H18BrN3S. The summed E-state index contributed by atoms with van der Waals surface area (Å²) in [6.07, 6.45) is 0. The molecule has 1 heterocycles. The summed E-state index contributed by atoms with van der Waals surface area (Å²) in [4.78, 5) is 10.2. The van der Waals surface area contributed by atoms with Crippen LogP contribution in [0.5, 0.6) is 0 Å². The molecule has 0 fully saturated rings. The molecule has 1 aromatic heterocycles. The monoisotopic (exact) mass is 423 g/mol. The molecule has 0 aliphatic heterocycles. The summed E-state index contributed by atoms with van der Waals surface area (Å²) >= 11 is 1.55. The number of benzene rings is 3. The highest BCUT2D eigenvalue weighted by molar-refractivity contribution is 8.93. The third-order valence-corrected chi connectivity index (χ3v) is 4.73. The van der Waals surface area contributed by atoms with E-state index in [0.717, 1.165) is 27.6 Å². The molecule has 0 aliphatic carbocycles. The van der Waals surface area contributed by atoms with Gasteiger partial charge in [-0.05, 0) is 48.3 Å². The van der Waals surface area contributed by atoms with Gasteiger partial charge in [0.2, 0.25) is 4.80 Å². The maximum Gasteiger partial charge on any atom is 0.228 e. The molecule has 3 aromatic carbocycles. The van der Waals surface area contributed by atoms with Crippen molar-refractivity contribution in [3.8, 4) is 17.1 Å². The Morgan fingerprint density at radius 2 is 1.54 bits per heavy atom. The number of aromatic nitrogens is 2. The van der Waals surface area contributed by atoms with E-state index in [1.54, 1.807) is 11.5 Å². The van der Waals surface area contributed by atoms with Crippen LogP contribution in [0.3, 0.4) is 0 Å². The number of hydrogen-bond donors (Lipinski definition) is 0. The van der Waals surface area contributed by atoms with Crippen molar-refractivity contribution in [2.75, 3.05) is 0 Å². The van der Waals surface area contributed by atoms with Gasteiger partial charge in [-0.2, -0.15) is 4.98 Å². The molecule has 5 heteroatoms. The molecule has 26 heavy (non-hydrogen) atoms. The summed E-state index contributed by atoms with van der Waals surface area (Å²) in [6, 6.07) is 28.6. The zero-order chi connectivity index (χ0) is 17.1. The highest BCUT2D eigenvalue weighted by atomic mass is 79.9. The van der Waals surface area contributed by atoms with E-state index in [-0.39, 0.29) is 17.0 Å². The lowest BCUT2D eigenvalue weighted by Crippen LogP contribution is -1.97. The Hall–Kier alpha value is -2.50. The quantitative estimate of drug-likeness (QED) is 0.414. The van der Waals surface area contributed by atoms with Gasteiger partial charge in [0.25, 0.3) is 0 Å². The molecule has 0 amide bonds. The van der Waals surface area contributed by atoms with Gasteiger partial charge in [0.15, 0.2) is 5.82 Å². The molecule has 0 spiro atoms. The number of nitrogens with zero attached hydrogens (tertiary/aromatic N) is 3. The Morgan fingerprint density at radius 1 is 0.846 bits per heavy atom. The van der Waals surface area contributed by atoms with E-state index >= 15 is 0 Å². The van der Waals surface area contributed by atoms with Crippen LogP contribution < -0.4 is 4.80 Å². The second-order valence-corrected chi connectivity index (χ2v) is 6.67. The zero-order valence-corrected chi connectivity index (χ0v) is 16.8. The molecule has 0 saturated heterocycles. The van der Waals surface area contributed by atoms with Crippen LogP contribution >= 0.6 is 28.5 Å². The van der Waals surface area contributed by atoms with Gasteiger partial charge in [0.1, 0.15) is 0 Å². The normalized spacial score (nSPS) is 11.2. The summed E-state index contributed by atoms with van der Waals surface area (Å²) in [5.41, 5.74) is 4.31. The number of aryl methyl sites for hydroxylation is 1. The molecule has 3 nitrogen and oxygen atoms in total. The van der Waals surface area contributed by atoms with Crippen molar-refractivity contribution < 1.29 is 0 Å². The molecule has 0 bridgehead atoms. The standard InChI is InChI=1S/C21H17N3S.BrH/c1-16-9-8-14-19(15-16)24-20(17-10-4-2-5-11-17)23-21(25-24)22-18-12-6-3-7-13-18;/h2-15H,1H3;1H. The Morgan fingerprint density at radius 3 is 2.23 bits per heavy atom. The lowest BCUT2D eigenvalue weighted by molar-refractivity contribution is 1.12. The summed E-state index contributed by atoms with van der Waals surface area (Å²) in [5.74, 6) is 0.908. The van der Waals surface area contributed by atoms with E-state index in [1.807, 2.05) is 48.5 Å². The van der Waals surface area contributed by atoms with Gasteiger partial charge < -0.3 is 0 Å². The SMILES string of the molecule is Br.Cc1cccc(-n2sc(=Nc3ccccc3)nc2-c2ccccc2)c1. The average molecular weight is 424 g/mol. The molecule has 4 aromatic rings. The molecule has 0 aliphatic rings. The van der Waals surface area contributed by atoms with E-state index in [1.165, 1.54) is 5.56 Å². The minimum atomic E-state index is 0. The van der Waals surface area contributed by atoms with Crippen molar-refractivity contribution in [1.29, 1.82) is 0 Å². The van der Waals surface area contributed by atoms with Crippen molar-refractivity contribution in [3.05, 3.63) is 95.3 Å². The van der Waals surface area contributed by atoms with Crippen LogP contribution in [0, 0.1) is 6.92 Å². The third-order valence-electron chi connectivity index (χ3n) is 3.82. The van der Waals surface area contributed by atoms with Crippen LogP contribution in [0.4, 0.5) is 5.69 Å². The van der Waals surface area contributed by atoms with Crippen LogP contribution in [0.25, 0.3) is 17.1 Å². The molecule has 0 saturated carbocycles. The molecule has 130 valence electrons. The molecule has 0 unspecified atom stereocenters. The summed E-state index contributed by atoms with van der Waals surface area (Å²) < 4.78 is 2.14. The first-order valence-electron chi connectivity index (χ1n) is 8.12. The second kappa shape index (κ2) is 8.25. The van der Waals surface area contributed by atoms with Crippen LogP contribution in [-0.2, 0) is 0 Å². The largest absolute Gasteiger partial charge is 0.246 e. The molecule has 4 rings (SSSR count). The summed E-state index contributed by atoms with van der Waals surface area (Å²) in [7, 11) is 0. The topological polar surface area (TPSA) is 30.2 Å². The highest BCUT2D eigenvalue weighted by Crippen LogP contribution is 2.23. The van der Waals surface area contributed by atoms with Gasteiger partial charge in [0.05, 0.1) is 11.4 Å². The molecule has 0 atom stereocenters. The molecule has 0 radical (unpaired) electrons. The van der Waals surface area contributed by atoms with Gasteiger partial charge in [-0.15, -0.1) is 17.0 Å². The fraction of sp³-hybridized carbons (Fsp3) is 0.0476. The van der Waals surface area contributed by atoms with E-state index in [2.05, 4.69) is 52.3 Å². The van der Waals surface area contributed by atoms with E-state index in [9.17, 15) is 0 Å². The predicted molar refractivity (Wildman–Crippen MR) is 114 cm³/mol. The number of rotatable bonds is 3. The maximum atomic E-state index is 4.80. The number of halogens is 1. The fourth-order valence-electron chi connectivity index (χ4n) is 2.64. The van der Waals surface area contributed by atoms with E-state index < -0.39 is 0 Å². The van der Waals surface area contributed by atoms with Gasteiger partial charge in [-0.3, -0.25) is 0 Å². The second-order valence-electron chi connectivity index (χ2n) is 5.76. The van der Waals surface area contributed by atoms with Gasteiger partial charge in [-0.25, -0.2) is 8.95 Å². The Balaban J connectivity index is 0.00000196. The first kappa shape index (κ1) is 18.3. The lowest BCUT2D eigenvalue weighted by atomic mass is 10.2. The molecule has 0 N–H and O–H groups in total. The zero-order valence-electron chi connectivity index (χ0n) is 14.2. The predicted octanol–water partition coefficient (Wildman–Crippen LogP) is 5.72. The molecular weight excluding hydrogens is 406 g/mol. The van der Waals surface area contributed by atoms with Crippen LogP contribution in [0.15, 0.2) is 89.9 Å². The fourth-order valence-corrected chi connectivity index (χ4v) is 3.53. The Labute approximate surface area is 167 Å². The van der Waals surface area contributed by atoms with Gasteiger partial charge in [0, 0.05) is 5.56 Å². The first-order chi connectivity index (χ1) is 12.3. The Kier molecular flexibility index (Phi) is 5.81. The van der Waals surface area contributed by atoms with Gasteiger partial charge >= 0.3 is 0 Å². The van der Waals surface area contributed by atoms with E-state index in [4.69, 9.17) is 4.98 Å². The van der Waals surface area contributed by atoms with E-state index in [0.29, 0.717) is 0 Å². The summed E-state index contributed by atoms with van der Waals surface area (Å²) in [6.45, 7) is 2.10. The minimum absolute atomic E-state index is 0. The number of hydrogen-bond acceptors (Lipinski definition) is 3. The van der Waals surface area contributed by atoms with Crippen molar-refractivity contribution in [3.63, 3.8) is 0 Å². The van der Waals surface area contributed by atoms with Gasteiger partial charge in [-0.1, -0.05) is 60.7 Å². The maximum absolute atomic E-state index is 4.80. The smallest absolute Gasteiger partial charge is 0.228 e. The lowest BCUT2D eigenvalue weighted by Gasteiger charge is -2.06. The van der Waals surface area contributed by atoms with Crippen molar-refractivity contribution >= 4 is 34.2 Å².